The van der Waals surface area contributed by atoms with Crippen molar-refractivity contribution in [2.45, 2.75) is 65.0 Å². The minimum atomic E-state index is -0.766. The zero-order valence-electron chi connectivity index (χ0n) is 12.3. The number of hydrogen-bond acceptors (Lipinski definition) is 3. The highest BCUT2D eigenvalue weighted by Crippen LogP contribution is 2.74. The molecule has 0 atom stereocenters. The molecule has 5 heteroatoms. The average Bonchev–Trinajstić information content (AvgIpc) is 2.04. The lowest BCUT2D eigenvalue weighted by Crippen LogP contribution is -2.79. The summed E-state index contributed by atoms with van der Waals surface area (Å²) in [7, 11) is 0. The standard InChI is InChI=1S/C14H23NO4/c1-11(2,3)19-10(18)15-14-6-13(7-14,8-14)12(4,5)9(16)17/h6-8H2,1-5H3,(H,15,18)(H,16,17). The molecule has 0 spiro atoms. The first kappa shape index (κ1) is 14.2. The SMILES string of the molecule is CC(C)(C)OC(=O)NC12CC(C(C)(C)C(=O)O)(C1)C2. The van der Waals surface area contributed by atoms with Crippen LogP contribution in [0.4, 0.5) is 4.79 Å². The lowest BCUT2D eigenvalue weighted by atomic mass is 9.32. The molecule has 0 unspecified atom stereocenters. The molecule has 2 N–H and O–H groups in total. The molecule has 0 radical (unpaired) electrons. The molecule has 0 heterocycles. The Morgan fingerprint density at radius 2 is 1.58 bits per heavy atom. The predicted octanol–water partition coefficient (Wildman–Crippen LogP) is 2.54. The Bertz CT molecular complexity index is 413. The normalized spacial score (nSPS) is 32.9. The highest BCUT2D eigenvalue weighted by Gasteiger charge is 2.75. The first-order valence-corrected chi connectivity index (χ1v) is 6.66. The van der Waals surface area contributed by atoms with E-state index in [9.17, 15) is 14.7 Å². The molecule has 0 aromatic heterocycles. The third-order valence-electron chi connectivity index (χ3n) is 4.66. The Balaban J connectivity index is 1.91. The van der Waals surface area contributed by atoms with E-state index >= 15 is 0 Å². The summed E-state index contributed by atoms with van der Waals surface area (Å²) < 4.78 is 5.23. The lowest BCUT2D eigenvalue weighted by Gasteiger charge is -2.74. The van der Waals surface area contributed by atoms with Gasteiger partial charge in [-0.1, -0.05) is 0 Å². The van der Waals surface area contributed by atoms with Crippen molar-refractivity contribution in [1.82, 2.24) is 5.32 Å². The molecule has 108 valence electrons. The van der Waals surface area contributed by atoms with Gasteiger partial charge in [0, 0.05) is 5.54 Å². The number of hydrogen-bond donors (Lipinski definition) is 2. The molecule has 1 amide bonds. The van der Waals surface area contributed by atoms with Crippen molar-refractivity contribution in [2.24, 2.45) is 10.8 Å². The van der Waals surface area contributed by atoms with Gasteiger partial charge in [-0.2, -0.15) is 0 Å². The molecule has 2 bridgehead atoms. The van der Waals surface area contributed by atoms with Crippen molar-refractivity contribution < 1.29 is 19.4 Å². The van der Waals surface area contributed by atoms with Crippen LogP contribution in [0.2, 0.25) is 0 Å². The van der Waals surface area contributed by atoms with Crippen LogP contribution in [0.15, 0.2) is 0 Å². The molecule has 5 nitrogen and oxygen atoms in total. The van der Waals surface area contributed by atoms with Gasteiger partial charge in [0.1, 0.15) is 5.60 Å². The summed E-state index contributed by atoms with van der Waals surface area (Å²) in [6.07, 6.45) is 1.80. The van der Waals surface area contributed by atoms with Crippen LogP contribution in [0.1, 0.15) is 53.9 Å². The molecule has 3 aliphatic carbocycles. The van der Waals surface area contributed by atoms with Gasteiger partial charge in [0.05, 0.1) is 5.41 Å². The molecular weight excluding hydrogens is 246 g/mol. The van der Waals surface area contributed by atoms with Gasteiger partial charge in [-0.25, -0.2) is 4.79 Å². The molecule has 0 saturated heterocycles. The van der Waals surface area contributed by atoms with E-state index in [2.05, 4.69) is 5.32 Å². The fourth-order valence-corrected chi connectivity index (χ4v) is 3.33. The summed E-state index contributed by atoms with van der Waals surface area (Å²) in [6, 6.07) is 0. The maximum absolute atomic E-state index is 11.7. The van der Waals surface area contributed by atoms with Crippen LogP contribution in [-0.4, -0.2) is 28.3 Å². The van der Waals surface area contributed by atoms with Gasteiger partial charge in [-0.05, 0) is 59.3 Å². The van der Waals surface area contributed by atoms with Crippen LogP contribution in [0.3, 0.4) is 0 Å². The van der Waals surface area contributed by atoms with Gasteiger partial charge in [-0.3, -0.25) is 4.79 Å². The van der Waals surface area contributed by atoms with E-state index in [4.69, 9.17) is 4.74 Å². The summed E-state index contributed by atoms with van der Waals surface area (Å²) in [4.78, 5) is 23.0. The highest BCUT2D eigenvalue weighted by molar-refractivity contribution is 5.77. The smallest absolute Gasteiger partial charge is 0.408 e. The minimum absolute atomic E-state index is 0.159. The highest BCUT2D eigenvalue weighted by atomic mass is 16.6. The monoisotopic (exact) mass is 269 g/mol. The van der Waals surface area contributed by atoms with Crippen LogP contribution in [0.25, 0.3) is 0 Å². The zero-order chi connectivity index (χ0) is 14.7. The summed E-state index contributed by atoms with van der Waals surface area (Å²) >= 11 is 0. The number of rotatable bonds is 3. The summed E-state index contributed by atoms with van der Waals surface area (Å²) in [6.45, 7) is 9.01. The molecule has 19 heavy (non-hydrogen) atoms. The van der Waals surface area contributed by atoms with Crippen LogP contribution in [-0.2, 0) is 9.53 Å². The van der Waals surface area contributed by atoms with Gasteiger partial charge in [0.15, 0.2) is 0 Å². The number of amides is 1. The second-order valence-electron chi connectivity index (χ2n) is 7.65. The van der Waals surface area contributed by atoms with Crippen molar-refractivity contribution in [3.05, 3.63) is 0 Å². The third-order valence-corrected chi connectivity index (χ3v) is 4.66. The molecule has 3 rings (SSSR count). The van der Waals surface area contributed by atoms with Crippen LogP contribution < -0.4 is 5.32 Å². The van der Waals surface area contributed by atoms with Gasteiger partial charge >= 0.3 is 12.1 Å². The molecule has 3 fully saturated rings. The fourth-order valence-electron chi connectivity index (χ4n) is 3.33. The van der Waals surface area contributed by atoms with Gasteiger partial charge in [0.25, 0.3) is 0 Å². The van der Waals surface area contributed by atoms with Crippen molar-refractivity contribution in [2.75, 3.05) is 0 Å². The number of ether oxygens (including phenoxy) is 1. The Hall–Kier alpha value is -1.26. The van der Waals surface area contributed by atoms with Crippen molar-refractivity contribution in [3.8, 4) is 0 Å². The second kappa shape index (κ2) is 3.64. The predicted molar refractivity (Wildman–Crippen MR) is 69.8 cm³/mol. The van der Waals surface area contributed by atoms with Crippen LogP contribution in [0, 0.1) is 10.8 Å². The molecule has 0 aromatic carbocycles. The van der Waals surface area contributed by atoms with E-state index < -0.39 is 23.1 Å². The van der Waals surface area contributed by atoms with Gasteiger partial charge < -0.3 is 15.2 Å². The van der Waals surface area contributed by atoms with E-state index in [1.807, 2.05) is 20.8 Å². The Morgan fingerprint density at radius 1 is 1.11 bits per heavy atom. The number of nitrogens with one attached hydrogen (secondary N) is 1. The quantitative estimate of drug-likeness (QED) is 0.825. The lowest BCUT2D eigenvalue weighted by molar-refractivity contribution is -0.226. The zero-order valence-corrected chi connectivity index (χ0v) is 12.3. The summed E-state index contributed by atoms with van der Waals surface area (Å²) in [5.41, 5.74) is -1.63. The Morgan fingerprint density at radius 3 is 1.95 bits per heavy atom. The van der Waals surface area contributed by atoms with E-state index in [1.165, 1.54) is 0 Å². The minimum Gasteiger partial charge on any atom is -0.481 e. The van der Waals surface area contributed by atoms with E-state index in [0.29, 0.717) is 0 Å². The number of carbonyl (C=O) groups excluding carboxylic acids is 1. The van der Waals surface area contributed by atoms with Crippen LogP contribution >= 0.6 is 0 Å². The maximum Gasteiger partial charge on any atom is 0.408 e. The van der Waals surface area contributed by atoms with Crippen molar-refractivity contribution >= 4 is 12.1 Å². The van der Waals surface area contributed by atoms with Gasteiger partial charge in [0.2, 0.25) is 0 Å². The van der Waals surface area contributed by atoms with E-state index in [1.54, 1.807) is 13.8 Å². The second-order valence-corrected chi connectivity index (χ2v) is 7.65. The van der Waals surface area contributed by atoms with E-state index in [0.717, 1.165) is 19.3 Å². The Kier molecular flexibility index (Phi) is 2.71. The Labute approximate surface area is 113 Å². The van der Waals surface area contributed by atoms with Crippen LogP contribution in [0.5, 0.6) is 0 Å². The fraction of sp³-hybridized carbons (Fsp3) is 0.857. The molecule has 0 aliphatic heterocycles. The molecule has 0 aromatic rings. The number of aliphatic carboxylic acids is 1. The topological polar surface area (TPSA) is 75.6 Å². The molecule has 3 saturated carbocycles. The van der Waals surface area contributed by atoms with Gasteiger partial charge in [-0.15, -0.1) is 0 Å². The van der Waals surface area contributed by atoms with E-state index in [-0.39, 0.29) is 11.0 Å². The number of carbonyl (C=O) groups is 2. The third kappa shape index (κ3) is 2.09. The number of carboxylic acids is 1. The largest absolute Gasteiger partial charge is 0.481 e. The molecule has 3 aliphatic rings. The first-order valence-electron chi connectivity index (χ1n) is 6.66. The number of alkyl carbamates (subject to hydrolysis) is 1. The van der Waals surface area contributed by atoms with Crippen molar-refractivity contribution in [3.63, 3.8) is 0 Å². The first-order chi connectivity index (χ1) is 8.42. The maximum atomic E-state index is 11.7. The van der Waals surface area contributed by atoms with Crippen molar-refractivity contribution in [1.29, 1.82) is 0 Å². The number of carboxylic acid groups (broad SMARTS) is 1. The summed E-state index contributed by atoms with van der Waals surface area (Å²) in [5, 5.41) is 12.2. The summed E-state index contributed by atoms with van der Waals surface area (Å²) in [5.74, 6) is -0.766. The molecular formula is C14H23NO4. The average molecular weight is 269 g/mol.